The van der Waals surface area contributed by atoms with E-state index < -0.39 is 0 Å². The summed E-state index contributed by atoms with van der Waals surface area (Å²) in [6.07, 6.45) is 3.54. The summed E-state index contributed by atoms with van der Waals surface area (Å²) >= 11 is 6.05. The van der Waals surface area contributed by atoms with Crippen LogP contribution in [-0.2, 0) is 6.42 Å². The number of carbonyl (C=O) groups excluding carboxylic acids is 1. The molecule has 1 aliphatic heterocycles. The number of aromatic nitrogens is 2. The van der Waals surface area contributed by atoms with E-state index in [1.165, 1.54) is 6.42 Å². The molecular weight excluding hydrogens is 310 g/mol. The Balaban J connectivity index is 1.69. The molecule has 0 aliphatic carbocycles. The number of hydrogen-bond acceptors (Lipinski definition) is 2. The number of rotatable bonds is 3. The van der Waals surface area contributed by atoms with Gasteiger partial charge in [0.25, 0.3) is 5.91 Å². The minimum Gasteiger partial charge on any atom is -0.338 e. The second-order valence-electron chi connectivity index (χ2n) is 6.71. The summed E-state index contributed by atoms with van der Waals surface area (Å²) in [6.45, 7) is 6.14. The van der Waals surface area contributed by atoms with E-state index in [0.717, 1.165) is 29.9 Å². The molecule has 4 nitrogen and oxygen atoms in total. The number of nitrogens with zero attached hydrogens (tertiary/aromatic N) is 2. The van der Waals surface area contributed by atoms with Crippen molar-refractivity contribution in [3.8, 4) is 0 Å². The molecule has 0 bridgehead atoms. The highest BCUT2D eigenvalue weighted by molar-refractivity contribution is 6.31. The monoisotopic (exact) mass is 331 g/mol. The summed E-state index contributed by atoms with van der Waals surface area (Å²) in [7, 11) is 0. The number of carbonyl (C=O) groups is 1. The molecule has 23 heavy (non-hydrogen) atoms. The van der Waals surface area contributed by atoms with Crippen LogP contribution < -0.4 is 0 Å². The van der Waals surface area contributed by atoms with Gasteiger partial charge in [0.1, 0.15) is 0 Å². The molecule has 1 aromatic carbocycles. The first-order chi connectivity index (χ1) is 11.0. The number of halogens is 1. The Morgan fingerprint density at radius 1 is 1.26 bits per heavy atom. The fraction of sp³-hybridized carbons (Fsp3) is 0.444. The number of H-pyrrole nitrogens is 1. The Kier molecular flexibility index (Phi) is 4.71. The standard InChI is InChI=1S/C18H22ClN3O/c1-12-7-13(2)11-22(10-12)18(23)15-5-3-14(4-6-15)8-17-16(19)9-20-21-17/h3-6,9,12-13H,7-8,10-11H2,1-2H3,(H,20,21). The van der Waals surface area contributed by atoms with Crippen molar-refractivity contribution in [2.24, 2.45) is 11.8 Å². The van der Waals surface area contributed by atoms with E-state index in [-0.39, 0.29) is 5.91 Å². The van der Waals surface area contributed by atoms with Gasteiger partial charge in [0.15, 0.2) is 0 Å². The lowest BCUT2D eigenvalue weighted by Gasteiger charge is -2.35. The predicted octanol–water partition coefficient (Wildman–Crippen LogP) is 3.77. The van der Waals surface area contributed by atoms with Crippen molar-refractivity contribution in [1.29, 1.82) is 0 Å². The second-order valence-corrected chi connectivity index (χ2v) is 7.12. The van der Waals surface area contributed by atoms with Crippen LogP contribution in [0.1, 0.15) is 41.9 Å². The van der Waals surface area contributed by atoms with E-state index in [0.29, 0.717) is 23.3 Å². The number of hydrogen-bond donors (Lipinski definition) is 1. The van der Waals surface area contributed by atoms with E-state index in [1.54, 1.807) is 6.20 Å². The van der Waals surface area contributed by atoms with Crippen LogP contribution in [0.5, 0.6) is 0 Å². The molecule has 0 spiro atoms. The molecule has 5 heteroatoms. The molecule has 0 radical (unpaired) electrons. The summed E-state index contributed by atoms with van der Waals surface area (Å²) in [5, 5.41) is 7.52. The first-order valence-corrected chi connectivity index (χ1v) is 8.47. The van der Waals surface area contributed by atoms with Gasteiger partial charge in [0, 0.05) is 31.3 Å². The Labute approximate surface area is 141 Å². The van der Waals surface area contributed by atoms with Crippen molar-refractivity contribution in [3.05, 3.63) is 52.3 Å². The molecule has 2 unspecified atom stereocenters. The average molecular weight is 332 g/mol. The Bertz CT molecular complexity index is 670. The van der Waals surface area contributed by atoms with Gasteiger partial charge >= 0.3 is 0 Å². The number of amides is 1. The van der Waals surface area contributed by atoms with E-state index in [2.05, 4.69) is 24.0 Å². The van der Waals surface area contributed by atoms with Gasteiger partial charge < -0.3 is 4.90 Å². The molecule has 3 rings (SSSR count). The fourth-order valence-electron chi connectivity index (χ4n) is 3.40. The van der Waals surface area contributed by atoms with Crippen LogP contribution in [0.3, 0.4) is 0 Å². The Morgan fingerprint density at radius 2 is 1.91 bits per heavy atom. The van der Waals surface area contributed by atoms with Crippen molar-refractivity contribution < 1.29 is 4.79 Å². The minimum atomic E-state index is 0.132. The van der Waals surface area contributed by atoms with E-state index in [1.807, 2.05) is 29.2 Å². The lowest BCUT2D eigenvalue weighted by Crippen LogP contribution is -2.42. The first-order valence-electron chi connectivity index (χ1n) is 8.09. The SMILES string of the molecule is CC1CC(C)CN(C(=O)c2ccc(Cc3n[nH]cc3Cl)cc2)C1. The van der Waals surface area contributed by atoms with E-state index >= 15 is 0 Å². The molecule has 1 saturated heterocycles. The lowest BCUT2D eigenvalue weighted by atomic mass is 9.91. The smallest absolute Gasteiger partial charge is 0.253 e. The van der Waals surface area contributed by atoms with Crippen molar-refractivity contribution in [3.63, 3.8) is 0 Å². The highest BCUT2D eigenvalue weighted by atomic mass is 35.5. The van der Waals surface area contributed by atoms with Gasteiger partial charge in [-0.1, -0.05) is 37.6 Å². The van der Waals surface area contributed by atoms with Crippen molar-refractivity contribution in [1.82, 2.24) is 15.1 Å². The fourth-order valence-corrected chi connectivity index (χ4v) is 3.56. The highest BCUT2D eigenvalue weighted by Gasteiger charge is 2.26. The minimum absolute atomic E-state index is 0.132. The third-order valence-corrected chi connectivity index (χ3v) is 4.72. The molecule has 2 atom stereocenters. The summed E-state index contributed by atoms with van der Waals surface area (Å²) in [5.74, 6) is 1.28. The van der Waals surface area contributed by atoms with Crippen LogP contribution in [0.25, 0.3) is 0 Å². The van der Waals surface area contributed by atoms with Gasteiger partial charge in [-0.05, 0) is 36.0 Å². The van der Waals surface area contributed by atoms with Crippen LogP contribution in [-0.4, -0.2) is 34.1 Å². The van der Waals surface area contributed by atoms with Gasteiger partial charge in [-0.25, -0.2) is 0 Å². The largest absolute Gasteiger partial charge is 0.338 e. The van der Waals surface area contributed by atoms with Crippen molar-refractivity contribution in [2.45, 2.75) is 26.7 Å². The zero-order valence-corrected chi connectivity index (χ0v) is 14.3. The normalized spacial score (nSPS) is 21.4. The zero-order valence-electron chi connectivity index (χ0n) is 13.6. The molecule has 0 saturated carbocycles. The third kappa shape index (κ3) is 3.75. The van der Waals surface area contributed by atoms with Crippen LogP contribution in [0.2, 0.25) is 5.02 Å². The van der Waals surface area contributed by atoms with Crippen LogP contribution in [0, 0.1) is 11.8 Å². The van der Waals surface area contributed by atoms with Gasteiger partial charge in [-0.15, -0.1) is 0 Å². The second kappa shape index (κ2) is 6.75. The summed E-state index contributed by atoms with van der Waals surface area (Å²) in [4.78, 5) is 14.6. The predicted molar refractivity (Wildman–Crippen MR) is 91.7 cm³/mol. The van der Waals surface area contributed by atoms with Gasteiger partial charge in [-0.2, -0.15) is 5.10 Å². The third-order valence-electron chi connectivity index (χ3n) is 4.39. The zero-order chi connectivity index (χ0) is 16.4. The Morgan fingerprint density at radius 3 is 2.48 bits per heavy atom. The van der Waals surface area contributed by atoms with Crippen molar-refractivity contribution in [2.75, 3.05) is 13.1 Å². The van der Waals surface area contributed by atoms with Crippen LogP contribution in [0.15, 0.2) is 30.5 Å². The molecular formula is C18H22ClN3O. The topological polar surface area (TPSA) is 49.0 Å². The number of benzene rings is 1. The first kappa shape index (κ1) is 16.1. The lowest BCUT2D eigenvalue weighted by molar-refractivity contribution is 0.0623. The summed E-state index contributed by atoms with van der Waals surface area (Å²) in [5.41, 5.74) is 2.67. The Hall–Kier alpha value is -1.81. The summed E-state index contributed by atoms with van der Waals surface area (Å²) in [6, 6.07) is 7.77. The number of aromatic amines is 1. The number of nitrogens with one attached hydrogen (secondary N) is 1. The molecule has 1 fully saturated rings. The molecule has 1 amide bonds. The van der Waals surface area contributed by atoms with Gasteiger partial charge in [0.2, 0.25) is 0 Å². The van der Waals surface area contributed by atoms with E-state index in [9.17, 15) is 4.79 Å². The van der Waals surface area contributed by atoms with Crippen LogP contribution in [0.4, 0.5) is 0 Å². The number of likely N-dealkylation sites (tertiary alicyclic amines) is 1. The summed E-state index contributed by atoms with van der Waals surface area (Å²) < 4.78 is 0. The average Bonchev–Trinajstić information content (AvgIpc) is 2.91. The molecule has 2 aromatic rings. The van der Waals surface area contributed by atoms with E-state index in [4.69, 9.17) is 11.6 Å². The molecule has 1 N–H and O–H groups in total. The highest BCUT2D eigenvalue weighted by Crippen LogP contribution is 2.23. The molecule has 1 aliphatic rings. The quantitative estimate of drug-likeness (QED) is 0.930. The molecule has 1 aromatic heterocycles. The maximum atomic E-state index is 12.7. The van der Waals surface area contributed by atoms with Crippen molar-refractivity contribution >= 4 is 17.5 Å². The maximum Gasteiger partial charge on any atom is 0.253 e. The molecule has 2 heterocycles. The van der Waals surface area contributed by atoms with Crippen LogP contribution >= 0.6 is 11.6 Å². The van der Waals surface area contributed by atoms with Gasteiger partial charge in [0.05, 0.1) is 10.7 Å². The number of piperidine rings is 1. The maximum absolute atomic E-state index is 12.7. The molecule has 122 valence electrons. The van der Waals surface area contributed by atoms with Gasteiger partial charge in [-0.3, -0.25) is 9.89 Å².